The van der Waals surface area contributed by atoms with Crippen molar-refractivity contribution < 1.29 is 19.0 Å². The number of urea groups is 1. The van der Waals surface area contributed by atoms with E-state index in [1.54, 1.807) is 20.3 Å². The molecule has 2 heterocycles. The highest BCUT2D eigenvalue weighted by molar-refractivity contribution is 5.89. The molecule has 2 fully saturated rings. The summed E-state index contributed by atoms with van der Waals surface area (Å²) in [4.78, 5) is 23.8. The molecule has 190 valence electrons. The van der Waals surface area contributed by atoms with E-state index in [0.717, 1.165) is 24.4 Å². The van der Waals surface area contributed by atoms with Crippen molar-refractivity contribution in [3.05, 3.63) is 42.0 Å². The fourth-order valence-corrected chi connectivity index (χ4v) is 4.69. The van der Waals surface area contributed by atoms with Gasteiger partial charge in [-0.05, 0) is 18.9 Å². The molecule has 0 radical (unpaired) electrons. The summed E-state index contributed by atoms with van der Waals surface area (Å²) >= 11 is 0. The van der Waals surface area contributed by atoms with Gasteiger partial charge in [-0.3, -0.25) is 0 Å². The Balaban J connectivity index is 1.61. The number of ether oxygens (including phenoxy) is 3. The van der Waals surface area contributed by atoms with Crippen molar-refractivity contribution in [2.75, 3.05) is 66.7 Å². The van der Waals surface area contributed by atoms with Crippen LogP contribution in [0.1, 0.15) is 18.9 Å². The Morgan fingerprint density at radius 3 is 2.31 bits per heavy atom. The number of morpholine rings is 1. The van der Waals surface area contributed by atoms with Crippen molar-refractivity contribution in [2.45, 2.75) is 13.3 Å². The lowest BCUT2D eigenvalue weighted by molar-refractivity contribution is 0.0437. The number of carbonyl (C=O) groups is 1. The van der Waals surface area contributed by atoms with E-state index < -0.39 is 0 Å². The topological polar surface area (TPSA) is 90.6 Å². The zero-order valence-corrected chi connectivity index (χ0v) is 21.2. The molecule has 0 saturated carbocycles. The van der Waals surface area contributed by atoms with E-state index in [0.29, 0.717) is 74.3 Å². The number of hydrogen-bond acceptors (Lipinski definition) is 6. The second-order valence-corrected chi connectivity index (χ2v) is 8.73. The van der Waals surface area contributed by atoms with Crippen LogP contribution in [0.2, 0.25) is 0 Å². The predicted octanol–water partition coefficient (Wildman–Crippen LogP) is 3.75. The summed E-state index contributed by atoms with van der Waals surface area (Å²) < 4.78 is 16.6. The van der Waals surface area contributed by atoms with Crippen LogP contribution in [0.3, 0.4) is 0 Å². The van der Waals surface area contributed by atoms with E-state index in [1.165, 1.54) is 0 Å². The van der Waals surface area contributed by atoms with Crippen molar-refractivity contribution in [1.29, 1.82) is 5.26 Å². The zero-order chi connectivity index (χ0) is 25.5. The molecule has 2 aromatic rings. The SMILES string of the molecule is COc1cc(N=C(C)N2CCCN(C(=O)N3CCOCC3)CC2)c(C#N)c(-c2ccccc2)c1OC. The lowest BCUT2D eigenvalue weighted by Gasteiger charge is -2.32. The Morgan fingerprint density at radius 1 is 0.972 bits per heavy atom. The molecule has 36 heavy (non-hydrogen) atoms. The van der Waals surface area contributed by atoms with Gasteiger partial charge in [0.05, 0.1) is 38.7 Å². The molecule has 0 aliphatic carbocycles. The van der Waals surface area contributed by atoms with Gasteiger partial charge < -0.3 is 28.9 Å². The highest BCUT2D eigenvalue weighted by Crippen LogP contribution is 2.45. The number of nitrogens with zero attached hydrogens (tertiary/aromatic N) is 5. The van der Waals surface area contributed by atoms with Crippen LogP contribution in [0.15, 0.2) is 41.4 Å². The van der Waals surface area contributed by atoms with E-state index >= 15 is 0 Å². The molecule has 0 unspecified atom stereocenters. The minimum Gasteiger partial charge on any atom is -0.493 e. The maximum absolute atomic E-state index is 12.9. The van der Waals surface area contributed by atoms with E-state index in [4.69, 9.17) is 19.2 Å². The molecule has 0 atom stereocenters. The number of amidine groups is 1. The largest absolute Gasteiger partial charge is 0.493 e. The molecule has 2 aliphatic rings. The van der Waals surface area contributed by atoms with Gasteiger partial charge in [0.25, 0.3) is 0 Å². The molecule has 2 aliphatic heterocycles. The fraction of sp³-hybridized carbons (Fsp3) is 0.444. The maximum atomic E-state index is 12.9. The standard InChI is InChI=1S/C27H33N5O4/c1-20(30-10-7-11-31(13-12-30)27(33)32-14-16-36-17-15-32)29-23-18-24(34-2)26(35-3)25(22(23)19-28)21-8-5-4-6-9-21/h4-6,8-9,18H,7,10-17H2,1-3H3. The van der Waals surface area contributed by atoms with Crippen molar-refractivity contribution in [1.82, 2.24) is 14.7 Å². The number of benzene rings is 2. The molecule has 0 N–H and O–H groups in total. The van der Waals surface area contributed by atoms with Crippen LogP contribution >= 0.6 is 0 Å². The van der Waals surface area contributed by atoms with Crippen LogP contribution < -0.4 is 9.47 Å². The van der Waals surface area contributed by atoms with Crippen LogP contribution in [0.4, 0.5) is 10.5 Å². The van der Waals surface area contributed by atoms with Crippen molar-refractivity contribution in [2.24, 2.45) is 4.99 Å². The van der Waals surface area contributed by atoms with Crippen LogP contribution in [-0.2, 0) is 4.74 Å². The smallest absolute Gasteiger partial charge is 0.320 e. The number of nitriles is 1. The quantitative estimate of drug-likeness (QED) is 0.478. The Bertz CT molecular complexity index is 1140. The first-order chi connectivity index (χ1) is 17.6. The second-order valence-electron chi connectivity index (χ2n) is 8.73. The summed E-state index contributed by atoms with van der Waals surface area (Å²) in [7, 11) is 3.15. The molecule has 4 rings (SSSR count). The van der Waals surface area contributed by atoms with Crippen LogP contribution in [0.25, 0.3) is 11.1 Å². The Labute approximate surface area is 212 Å². The van der Waals surface area contributed by atoms with Crippen molar-refractivity contribution in [3.63, 3.8) is 0 Å². The van der Waals surface area contributed by atoms with Gasteiger partial charge in [0, 0.05) is 50.9 Å². The third-order valence-corrected chi connectivity index (χ3v) is 6.61. The van der Waals surface area contributed by atoms with Gasteiger partial charge in [-0.1, -0.05) is 30.3 Å². The van der Waals surface area contributed by atoms with E-state index in [2.05, 4.69) is 11.0 Å². The van der Waals surface area contributed by atoms with E-state index in [-0.39, 0.29) is 6.03 Å². The average molecular weight is 492 g/mol. The molecule has 2 saturated heterocycles. The summed E-state index contributed by atoms with van der Waals surface area (Å²) in [5, 5.41) is 10.1. The minimum atomic E-state index is 0.0777. The normalized spacial score (nSPS) is 16.8. The third-order valence-electron chi connectivity index (χ3n) is 6.61. The Morgan fingerprint density at radius 2 is 1.64 bits per heavy atom. The zero-order valence-electron chi connectivity index (χ0n) is 21.2. The lowest BCUT2D eigenvalue weighted by Crippen LogP contribution is -2.49. The number of rotatable bonds is 4. The average Bonchev–Trinajstić information content (AvgIpc) is 3.19. The van der Waals surface area contributed by atoms with Gasteiger partial charge in [0.1, 0.15) is 11.9 Å². The molecule has 2 amide bonds. The summed E-state index contributed by atoms with van der Waals surface area (Å²) in [6, 6.07) is 13.8. The highest BCUT2D eigenvalue weighted by Gasteiger charge is 2.26. The molecule has 9 nitrogen and oxygen atoms in total. The summed E-state index contributed by atoms with van der Waals surface area (Å²) in [6.45, 7) is 7.19. The van der Waals surface area contributed by atoms with Gasteiger partial charge in [-0.25, -0.2) is 9.79 Å². The summed E-state index contributed by atoms with van der Waals surface area (Å²) in [5.41, 5.74) is 2.46. The number of carbonyl (C=O) groups excluding carboxylic acids is 1. The summed E-state index contributed by atoms with van der Waals surface area (Å²) in [6.07, 6.45) is 0.843. The first-order valence-electron chi connectivity index (χ1n) is 12.2. The lowest BCUT2D eigenvalue weighted by atomic mass is 9.97. The van der Waals surface area contributed by atoms with Crippen molar-refractivity contribution in [3.8, 4) is 28.7 Å². The monoisotopic (exact) mass is 491 g/mol. The van der Waals surface area contributed by atoms with Gasteiger partial charge in [-0.2, -0.15) is 5.26 Å². The second kappa shape index (κ2) is 11.8. The number of amides is 2. The van der Waals surface area contributed by atoms with E-state index in [9.17, 15) is 10.1 Å². The molecular weight excluding hydrogens is 458 g/mol. The summed E-state index contributed by atoms with van der Waals surface area (Å²) in [5.74, 6) is 1.81. The van der Waals surface area contributed by atoms with E-state index in [1.807, 2.05) is 47.1 Å². The number of hydrogen-bond donors (Lipinski definition) is 0. The molecule has 2 aromatic carbocycles. The van der Waals surface area contributed by atoms with Crippen LogP contribution in [-0.4, -0.2) is 93.3 Å². The number of methoxy groups -OCH3 is 2. The van der Waals surface area contributed by atoms with Crippen LogP contribution in [0, 0.1) is 11.3 Å². The predicted molar refractivity (Wildman–Crippen MR) is 138 cm³/mol. The Kier molecular flexibility index (Phi) is 8.28. The first kappa shape index (κ1) is 25.3. The minimum absolute atomic E-state index is 0.0777. The van der Waals surface area contributed by atoms with Gasteiger partial charge in [-0.15, -0.1) is 0 Å². The maximum Gasteiger partial charge on any atom is 0.320 e. The molecule has 0 bridgehead atoms. The van der Waals surface area contributed by atoms with Gasteiger partial charge in [0.15, 0.2) is 11.5 Å². The third kappa shape index (κ3) is 5.39. The first-order valence-corrected chi connectivity index (χ1v) is 12.2. The van der Waals surface area contributed by atoms with Crippen molar-refractivity contribution >= 4 is 17.6 Å². The number of aliphatic imine (C=N–C) groups is 1. The molecule has 9 heteroatoms. The van der Waals surface area contributed by atoms with Gasteiger partial charge in [0.2, 0.25) is 0 Å². The van der Waals surface area contributed by atoms with Crippen LogP contribution in [0.5, 0.6) is 11.5 Å². The highest BCUT2D eigenvalue weighted by atomic mass is 16.5. The molecular formula is C27H33N5O4. The Hall–Kier alpha value is -3.77. The van der Waals surface area contributed by atoms with Gasteiger partial charge >= 0.3 is 6.03 Å². The molecule has 0 spiro atoms. The fourth-order valence-electron chi connectivity index (χ4n) is 4.69. The molecule has 0 aromatic heterocycles.